The van der Waals surface area contributed by atoms with Crippen LogP contribution in [0.4, 0.5) is 0 Å². The van der Waals surface area contributed by atoms with Crippen molar-refractivity contribution in [1.29, 1.82) is 0 Å². The van der Waals surface area contributed by atoms with Gasteiger partial charge in [-0.15, -0.1) is 0 Å². The summed E-state index contributed by atoms with van der Waals surface area (Å²) in [6.07, 6.45) is -0.546. The summed E-state index contributed by atoms with van der Waals surface area (Å²) in [6.45, 7) is 0.628. The molecular formula is C12H20ClNO3. The van der Waals surface area contributed by atoms with Crippen LogP contribution >= 0.6 is 0 Å². The number of quaternary nitrogens is 1. The molecule has 0 spiro atoms. The summed E-state index contributed by atoms with van der Waals surface area (Å²) in [7, 11) is 7.20. The first-order valence-corrected chi connectivity index (χ1v) is 5.27. The highest BCUT2D eigenvalue weighted by molar-refractivity contribution is 5.41. The normalized spacial score (nSPS) is 11.9. The van der Waals surface area contributed by atoms with Crippen LogP contribution in [0.25, 0.3) is 0 Å². The molecule has 5 heteroatoms. The first-order chi connectivity index (χ1) is 7.58. The van der Waals surface area contributed by atoms with Gasteiger partial charge in [-0.3, -0.25) is 0 Å². The summed E-state index contributed by atoms with van der Waals surface area (Å²) in [4.78, 5) is 1.18. The van der Waals surface area contributed by atoms with Gasteiger partial charge in [0, 0.05) is 5.56 Å². The van der Waals surface area contributed by atoms with Crippen molar-refractivity contribution >= 4 is 0 Å². The van der Waals surface area contributed by atoms with Crippen LogP contribution in [0.1, 0.15) is 11.7 Å². The Morgan fingerprint density at radius 2 is 1.88 bits per heavy atom. The van der Waals surface area contributed by atoms with Gasteiger partial charge in [0.25, 0.3) is 0 Å². The van der Waals surface area contributed by atoms with Crippen molar-refractivity contribution in [3.63, 3.8) is 0 Å². The molecule has 1 unspecified atom stereocenters. The molecule has 1 atom stereocenters. The minimum Gasteiger partial charge on any atom is -1.00 e. The fourth-order valence-corrected chi connectivity index (χ4v) is 1.60. The number of rotatable bonds is 5. The third-order valence-corrected chi connectivity index (χ3v) is 2.40. The molecule has 1 aromatic rings. The van der Waals surface area contributed by atoms with Crippen molar-refractivity contribution < 1.29 is 31.9 Å². The van der Waals surface area contributed by atoms with Crippen LogP contribution in [-0.4, -0.2) is 40.0 Å². The molecule has 0 saturated heterocycles. The van der Waals surface area contributed by atoms with Gasteiger partial charge in [0.05, 0.1) is 28.3 Å². The Bertz CT molecular complexity index is 345. The number of ether oxygens (including phenoxy) is 2. The lowest BCUT2D eigenvalue weighted by Gasteiger charge is -2.17. The standard InChI is InChI=1S/C12H19NO3.ClH/c1-13(2)8-11(14)10-7-9(15-3)5-6-12(10)16-4;/h5-7,11,14H,8H2,1-4H3;1H. The van der Waals surface area contributed by atoms with E-state index in [0.717, 1.165) is 11.3 Å². The van der Waals surface area contributed by atoms with Gasteiger partial charge in [0.15, 0.2) is 0 Å². The van der Waals surface area contributed by atoms with Gasteiger partial charge in [-0.2, -0.15) is 0 Å². The molecule has 17 heavy (non-hydrogen) atoms. The highest BCUT2D eigenvalue weighted by Crippen LogP contribution is 2.28. The van der Waals surface area contributed by atoms with Crippen LogP contribution in [0.2, 0.25) is 0 Å². The van der Waals surface area contributed by atoms with E-state index in [9.17, 15) is 5.11 Å². The highest BCUT2D eigenvalue weighted by atomic mass is 35.5. The van der Waals surface area contributed by atoms with E-state index in [1.54, 1.807) is 14.2 Å². The zero-order valence-corrected chi connectivity index (χ0v) is 11.4. The van der Waals surface area contributed by atoms with E-state index >= 15 is 0 Å². The van der Waals surface area contributed by atoms with E-state index in [-0.39, 0.29) is 12.4 Å². The van der Waals surface area contributed by atoms with Crippen LogP contribution in [0.15, 0.2) is 18.2 Å². The molecule has 4 nitrogen and oxygen atoms in total. The average Bonchev–Trinajstić information content (AvgIpc) is 2.27. The molecule has 0 aliphatic heterocycles. The van der Waals surface area contributed by atoms with Crippen LogP contribution in [0, 0.1) is 0 Å². The molecule has 0 aliphatic carbocycles. The highest BCUT2D eigenvalue weighted by Gasteiger charge is 2.17. The molecule has 0 aromatic heterocycles. The van der Waals surface area contributed by atoms with Gasteiger partial charge in [-0.1, -0.05) is 0 Å². The lowest BCUT2D eigenvalue weighted by molar-refractivity contribution is -0.862. The third kappa shape index (κ3) is 4.42. The topological polar surface area (TPSA) is 43.1 Å². The number of likely N-dealkylation sites (N-methyl/N-ethyl adjacent to an activating group) is 1. The number of methoxy groups -OCH3 is 2. The number of benzene rings is 1. The van der Waals surface area contributed by atoms with Crippen LogP contribution in [0.3, 0.4) is 0 Å². The van der Waals surface area contributed by atoms with Crippen molar-refractivity contribution in [1.82, 2.24) is 0 Å². The molecule has 0 aliphatic rings. The van der Waals surface area contributed by atoms with E-state index < -0.39 is 6.10 Å². The summed E-state index contributed by atoms with van der Waals surface area (Å²) in [5, 5.41) is 10.1. The molecule has 0 heterocycles. The molecule has 0 bridgehead atoms. The van der Waals surface area contributed by atoms with Gasteiger partial charge in [0.1, 0.15) is 24.1 Å². The molecule has 0 amide bonds. The summed E-state index contributed by atoms with van der Waals surface area (Å²) in [6, 6.07) is 5.44. The number of aliphatic hydroxyl groups is 1. The summed E-state index contributed by atoms with van der Waals surface area (Å²) >= 11 is 0. The zero-order chi connectivity index (χ0) is 12.1. The smallest absolute Gasteiger partial charge is 0.131 e. The predicted octanol–water partition coefficient (Wildman–Crippen LogP) is -3.11. The lowest BCUT2D eigenvalue weighted by Crippen LogP contribution is -3.06. The molecule has 1 rings (SSSR count). The SMILES string of the molecule is COc1ccc(OC)c(C(O)C[NH+](C)C)c1.[Cl-]. The first kappa shape index (κ1) is 16.0. The Labute approximate surface area is 109 Å². The summed E-state index contributed by atoms with van der Waals surface area (Å²) < 4.78 is 10.4. The third-order valence-electron chi connectivity index (χ3n) is 2.40. The second-order valence-corrected chi connectivity index (χ2v) is 4.03. The summed E-state index contributed by atoms with van der Waals surface area (Å²) in [5.74, 6) is 1.41. The van der Waals surface area contributed by atoms with Crippen molar-refractivity contribution in [3.05, 3.63) is 23.8 Å². The Balaban J connectivity index is 0.00000256. The van der Waals surface area contributed by atoms with Crippen LogP contribution < -0.4 is 26.8 Å². The van der Waals surface area contributed by atoms with Crippen molar-refractivity contribution in [2.75, 3.05) is 34.9 Å². The molecular weight excluding hydrogens is 242 g/mol. The Kier molecular flexibility index (Phi) is 6.95. The fourth-order valence-electron chi connectivity index (χ4n) is 1.60. The maximum Gasteiger partial charge on any atom is 0.131 e. The maximum absolute atomic E-state index is 10.1. The second kappa shape index (κ2) is 7.37. The van der Waals surface area contributed by atoms with E-state index in [1.165, 1.54) is 4.90 Å². The van der Waals surface area contributed by atoms with Gasteiger partial charge in [-0.05, 0) is 18.2 Å². The number of hydrogen-bond acceptors (Lipinski definition) is 3. The molecule has 2 N–H and O–H groups in total. The van der Waals surface area contributed by atoms with E-state index in [4.69, 9.17) is 9.47 Å². The molecule has 1 aromatic carbocycles. The Morgan fingerprint density at radius 3 is 2.35 bits per heavy atom. The minimum absolute atomic E-state index is 0. The van der Waals surface area contributed by atoms with Gasteiger partial charge >= 0.3 is 0 Å². The van der Waals surface area contributed by atoms with Gasteiger partial charge in [-0.25, -0.2) is 0 Å². The predicted molar refractivity (Wildman–Crippen MR) is 62.2 cm³/mol. The minimum atomic E-state index is -0.546. The van der Waals surface area contributed by atoms with Crippen LogP contribution in [-0.2, 0) is 0 Å². The lowest BCUT2D eigenvalue weighted by atomic mass is 10.1. The number of hydrogen-bond donors (Lipinski definition) is 2. The van der Waals surface area contributed by atoms with E-state index in [2.05, 4.69) is 0 Å². The average molecular weight is 262 g/mol. The monoisotopic (exact) mass is 261 g/mol. The van der Waals surface area contributed by atoms with Gasteiger partial charge in [0.2, 0.25) is 0 Å². The summed E-state index contributed by atoms with van der Waals surface area (Å²) in [5.41, 5.74) is 0.767. The van der Waals surface area contributed by atoms with E-state index in [1.807, 2.05) is 32.3 Å². The number of nitrogens with one attached hydrogen (secondary N) is 1. The first-order valence-electron chi connectivity index (χ1n) is 5.27. The Hall–Kier alpha value is -0.970. The molecule has 0 radical (unpaired) electrons. The number of aliphatic hydroxyl groups excluding tert-OH is 1. The second-order valence-electron chi connectivity index (χ2n) is 4.03. The Morgan fingerprint density at radius 1 is 1.24 bits per heavy atom. The molecule has 0 fully saturated rings. The molecule has 98 valence electrons. The van der Waals surface area contributed by atoms with Crippen molar-refractivity contribution in [2.24, 2.45) is 0 Å². The van der Waals surface area contributed by atoms with Crippen molar-refractivity contribution in [3.8, 4) is 11.5 Å². The van der Waals surface area contributed by atoms with E-state index in [0.29, 0.717) is 12.3 Å². The molecule has 0 saturated carbocycles. The zero-order valence-electron chi connectivity index (χ0n) is 10.7. The van der Waals surface area contributed by atoms with Gasteiger partial charge < -0.3 is 31.9 Å². The maximum atomic E-state index is 10.1. The van der Waals surface area contributed by atoms with Crippen molar-refractivity contribution in [2.45, 2.75) is 6.10 Å². The quantitative estimate of drug-likeness (QED) is 0.590. The fraction of sp³-hybridized carbons (Fsp3) is 0.500. The van der Waals surface area contributed by atoms with Crippen LogP contribution in [0.5, 0.6) is 11.5 Å². The largest absolute Gasteiger partial charge is 1.00 e. The number of halogens is 1.